The fraction of sp³-hybridized carbons (Fsp3) is 0.167. The molecule has 0 radical (unpaired) electrons. The van der Waals surface area contributed by atoms with Crippen LogP contribution in [-0.4, -0.2) is 24.8 Å². The number of amides is 1. The molecule has 0 aromatic heterocycles. The fourth-order valence-corrected chi connectivity index (χ4v) is 3.27. The standard InChI is InChI=1S/C24H21NO5/c1-16(23(26)25-19-12-13-20-21(14-19)29-15-28-20)30-24(27)22(17-8-4-2-5-9-17)18-10-6-3-7-11-18/h2-14,16,22H,15H2,1H3,(H,25,26)/t16-/m0/s1. The Bertz CT molecular complexity index is 996. The molecule has 0 unspecified atom stereocenters. The largest absolute Gasteiger partial charge is 0.454 e. The van der Waals surface area contributed by atoms with E-state index in [2.05, 4.69) is 5.32 Å². The lowest BCUT2D eigenvalue weighted by atomic mass is 9.91. The third-order valence-electron chi connectivity index (χ3n) is 4.80. The average molecular weight is 403 g/mol. The molecule has 4 rings (SSSR count). The molecule has 0 saturated heterocycles. The quantitative estimate of drug-likeness (QED) is 0.627. The van der Waals surface area contributed by atoms with Crippen molar-refractivity contribution in [2.45, 2.75) is 18.9 Å². The summed E-state index contributed by atoms with van der Waals surface area (Å²) in [5.41, 5.74) is 2.14. The first-order valence-corrected chi connectivity index (χ1v) is 9.63. The number of rotatable bonds is 6. The van der Waals surface area contributed by atoms with Crippen LogP contribution in [0.3, 0.4) is 0 Å². The second-order valence-electron chi connectivity index (χ2n) is 6.89. The van der Waals surface area contributed by atoms with Crippen molar-refractivity contribution in [2.24, 2.45) is 0 Å². The highest BCUT2D eigenvalue weighted by Crippen LogP contribution is 2.34. The molecule has 3 aromatic carbocycles. The van der Waals surface area contributed by atoms with Crippen molar-refractivity contribution in [1.29, 1.82) is 0 Å². The average Bonchev–Trinajstić information content (AvgIpc) is 3.23. The van der Waals surface area contributed by atoms with Gasteiger partial charge >= 0.3 is 5.97 Å². The highest BCUT2D eigenvalue weighted by molar-refractivity contribution is 5.96. The number of esters is 1. The summed E-state index contributed by atoms with van der Waals surface area (Å²) in [5, 5.41) is 2.74. The van der Waals surface area contributed by atoms with Crippen molar-refractivity contribution < 1.29 is 23.8 Å². The summed E-state index contributed by atoms with van der Waals surface area (Å²) in [6.07, 6.45) is -0.974. The van der Waals surface area contributed by atoms with Crippen LogP contribution in [0.4, 0.5) is 5.69 Å². The summed E-state index contributed by atoms with van der Waals surface area (Å²) >= 11 is 0. The fourth-order valence-electron chi connectivity index (χ4n) is 3.27. The Balaban J connectivity index is 1.47. The summed E-state index contributed by atoms with van der Waals surface area (Å²) < 4.78 is 16.1. The highest BCUT2D eigenvalue weighted by Gasteiger charge is 2.28. The van der Waals surface area contributed by atoms with Crippen LogP contribution in [0.15, 0.2) is 78.9 Å². The van der Waals surface area contributed by atoms with Gasteiger partial charge in [0, 0.05) is 11.8 Å². The van der Waals surface area contributed by atoms with E-state index < -0.39 is 23.9 Å². The SMILES string of the molecule is C[C@H](OC(=O)C(c1ccccc1)c1ccccc1)C(=O)Nc1ccc2c(c1)OCO2. The molecular formula is C24H21NO5. The smallest absolute Gasteiger partial charge is 0.318 e. The molecular weight excluding hydrogens is 382 g/mol. The van der Waals surface area contributed by atoms with E-state index in [1.807, 2.05) is 60.7 Å². The molecule has 152 valence electrons. The predicted octanol–water partition coefficient (Wildman–Crippen LogP) is 4.12. The molecule has 0 spiro atoms. The molecule has 1 aliphatic rings. The van der Waals surface area contributed by atoms with Crippen molar-refractivity contribution >= 4 is 17.6 Å². The molecule has 0 aliphatic carbocycles. The Labute approximate surface area is 174 Å². The minimum absolute atomic E-state index is 0.154. The van der Waals surface area contributed by atoms with Gasteiger partial charge in [-0.15, -0.1) is 0 Å². The molecule has 3 aromatic rings. The number of carbonyl (C=O) groups excluding carboxylic acids is 2. The Hall–Kier alpha value is -3.80. The Kier molecular flexibility index (Phi) is 5.66. The third-order valence-corrected chi connectivity index (χ3v) is 4.80. The Morgan fingerprint density at radius 3 is 2.10 bits per heavy atom. The van der Waals surface area contributed by atoms with Gasteiger partial charge in [-0.2, -0.15) is 0 Å². The lowest BCUT2D eigenvalue weighted by molar-refractivity contribution is -0.153. The van der Waals surface area contributed by atoms with Crippen molar-refractivity contribution in [3.8, 4) is 11.5 Å². The van der Waals surface area contributed by atoms with Crippen LogP contribution in [0.5, 0.6) is 11.5 Å². The van der Waals surface area contributed by atoms with Gasteiger partial charge in [-0.05, 0) is 30.2 Å². The Morgan fingerprint density at radius 2 is 1.47 bits per heavy atom. The van der Waals surface area contributed by atoms with Crippen LogP contribution in [0, 0.1) is 0 Å². The molecule has 1 heterocycles. The van der Waals surface area contributed by atoms with Crippen molar-refractivity contribution in [2.75, 3.05) is 12.1 Å². The maximum atomic E-state index is 13.0. The van der Waals surface area contributed by atoms with Gasteiger partial charge in [0.1, 0.15) is 5.92 Å². The van der Waals surface area contributed by atoms with Crippen molar-refractivity contribution in [3.05, 3.63) is 90.0 Å². The second-order valence-corrected chi connectivity index (χ2v) is 6.89. The number of carbonyl (C=O) groups is 2. The van der Waals surface area contributed by atoms with Crippen LogP contribution < -0.4 is 14.8 Å². The van der Waals surface area contributed by atoms with Crippen LogP contribution in [0.2, 0.25) is 0 Å². The summed E-state index contributed by atoms with van der Waals surface area (Å²) in [6.45, 7) is 1.70. The minimum Gasteiger partial charge on any atom is -0.454 e. The van der Waals surface area contributed by atoms with Crippen LogP contribution in [0.25, 0.3) is 0 Å². The van der Waals surface area contributed by atoms with E-state index >= 15 is 0 Å². The number of benzene rings is 3. The molecule has 6 nitrogen and oxygen atoms in total. The zero-order valence-electron chi connectivity index (χ0n) is 16.4. The van der Waals surface area contributed by atoms with E-state index in [4.69, 9.17) is 14.2 Å². The molecule has 1 amide bonds. The van der Waals surface area contributed by atoms with E-state index in [-0.39, 0.29) is 6.79 Å². The minimum atomic E-state index is -0.974. The zero-order valence-corrected chi connectivity index (χ0v) is 16.4. The molecule has 0 fully saturated rings. The van der Waals surface area contributed by atoms with Gasteiger partial charge in [-0.1, -0.05) is 60.7 Å². The number of ether oxygens (including phenoxy) is 3. The molecule has 0 saturated carbocycles. The molecule has 1 aliphatic heterocycles. The lowest BCUT2D eigenvalue weighted by Crippen LogP contribution is -2.32. The van der Waals surface area contributed by atoms with Crippen LogP contribution in [0.1, 0.15) is 24.0 Å². The zero-order chi connectivity index (χ0) is 20.9. The van der Waals surface area contributed by atoms with Gasteiger partial charge in [0.05, 0.1) is 0 Å². The molecule has 0 bridgehead atoms. The van der Waals surface area contributed by atoms with E-state index in [0.717, 1.165) is 11.1 Å². The van der Waals surface area contributed by atoms with Gasteiger partial charge in [0.25, 0.3) is 5.91 Å². The van der Waals surface area contributed by atoms with Gasteiger partial charge in [-0.3, -0.25) is 9.59 Å². The number of hydrogen-bond acceptors (Lipinski definition) is 5. The molecule has 1 N–H and O–H groups in total. The van der Waals surface area contributed by atoms with Crippen molar-refractivity contribution in [1.82, 2.24) is 0 Å². The molecule has 1 atom stereocenters. The normalized spacial score (nSPS) is 13.0. The first kappa shape index (κ1) is 19.5. The van der Waals surface area contributed by atoms with E-state index in [1.54, 1.807) is 25.1 Å². The Morgan fingerprint density at radius 1 is 0.867 bits per heavy atom. The van der Waals surface area contributed by atoms with Crippen molar-refractivity contribution in [3.63, 3.8) is 0 Å². The third kappa shape index (κ3) is 4.27. The highest BCUT2D eigenvalue weighted by atomic mass is 16.7. The molecule has 30 heavy (non-hydrogen) atoms. The second kappa shape index (κ2) is 8.69. The van der Waals surface area contributed by atoms with Gasteiger partial charge in [-0.25, -0.2) is 0 Å². The first-order chi connectivity index (χ1) is 14.6. The topological polar surface area (TPSA) is 73.9 Å². The molecule has 6 heteroatoms. The monoisotopic (exact) mass is 403 g/mol. The number of nitrogens with one attached hydrogen (secondary N) is 1. The van der Waals surface area contributed by atoms with Crippen LogP contribution >= 0.6 is 0 Å². The maximum Gasteiger partial charge on any atom is 0.318 e. The summed E-state index contributed by atoms with van der Waals surface area (Å²) in [6, 6.07) is 23.8. The number of hydrogen-bond donors (Lipinski definition) is 1. The summed E-state index contributed by atoms with van der Waals surface area (Å²) in [5.74, 6) is -0.345. The maximum absolute atomic E-state index is 13.0. The van der Waals surface area contributed by atoms with E-state index in [9.17, 15) is 9.59 Å². The van der Waals surface area contributed by atoms with Gasteiger partial charge in [0.2, 0.25) is 6.79 Å². The predicted molar refractivity (Wildman–Crippen MR) is 111 cm³/mol. The number of fused-ring (bicyclic) bond motifs is 1. The first-order valence-electron chi connectivity index (χ1n) is 9.63. The van der Waals surface area contributed by atoms with Crippen LogP contribution in [-0.2, 0) is 14.3 Å². The van der Waals surface area contributed by atoms with E-state index in [0.29, 0.717) is 17.2 Å². The van der Waals surface area contributed by atoms with Gasteiger partial charge < -0.3 is 19.5 Å². The van der Waals surface area contributed by atoms with E-state index in [1.165, 1.54) is 0 Å². The summed E-state index contributed by atoms with van der Waals surface area (Å²) in [4.78, 5) is 25.6. The number of anilines is 1. The van der Waals surface area contributed by atoms with Gasteiger partial charge in [0.15, 0.2) is 17.6 Å². The summed E-state index contributed by atoms with van der Waals surface area (Å²) in [7, 11) is 0. The lowest BCUT2D eigenvalue weighted by Gasteiger charge is -2.20.